The smallest absolute Gasteiger partial charge is 0.337 e. The van der Waals surface area contributed by atoms with Gasteiger partial charge in [0.1, 0.15) is 0 Å². The van der Waals surface area contributed by atoms with Gasteiger partial charge in [-0.1, -0.05) is 35.9 Å². The van der Waals surface area contributed by atoms with Gasteiger partial charge in [-0.15, -0.1) is 0 Å². The van der Waals surface area contributed by atoms with Crippen molar-refractivity contribution in [1.29, 1.82) is 0 Å². The summed E-state index contributed by atoms with van der Waals surface area (Å²) in [5, 5.41) is 3.68. The van der Waals surface area contributed by atoms with Gasteiger partial charge in [-0.05, 0) is 25.5 Å². The number of ether oxygens (including phenoxy) is 2. The first-order valence-corrected chi connectivity index (χ1v) is 10.0. The number of dihydropyridines is 1. The van der Waals surface area contributed by atoms with Crippen LogP contribution in [-0.4, -0.2) is 25.7 Å². The van der Waals surface area contributed by atoms with Crippen LogP contribution in [0.15, 0.2) is 77.4 Å². The predicted molar refractivity (Wildman–Crippen MR) is 112 cm³/mol. The molecule has 1 aromatic heterocycles. The van der Waals surface area contributed by atoms with Crippen molar-refractivity contribution in [3.63, 3.8) is 0 Å². The Labute approximate surface area is 192 Å². The van der Waals surface area contributed by atoms with Gasteiger partial charge < -0.3 is 27.2 Å². The molecule has 0 saturated heterocycles. The number of nitrogens with one attached hydrogen (secondary N) is 1. The summed E-state index contributed by atoms with van der Waals surface area (Å²) in [4.78, 5) is 25.8. The zero-order valence-corrected chi connectivity index (χ0v) is 19.0. The Morgan fingerprint density at radius 1 is 1.06 bits per heavy atom. The number of benzene rings is 1. The van der Waals surface area contributed by atoms with E-state index in [1.165, 1.54) is 7.11 Å². The number of carbonyl (C=O) groups excluding carboxylic acids is 2. The lowest BCUT2D eigenvalue weighted by Crippen LogP contribution is -3.00. The summed E-state index contributed by atoms with van der Waals surface area (Å²) in [7, 11) is 1.31. The molecular weight excluding hydrogens is 439 g/mol. The van der Waals surface area contributed by atoms with E-state index in [0.29, 0.717) is 39.7 Å². The lowest BCUT2D eigenvalue weighted by atomic mass is 9.80. The normalized spacial score (nSPS) is 15.7. The van der Waals surface area contributed by atoms with Gasteiger partial charge in [-0.3, -0.25) is 0 Å². The SMILES string of the molecule is CCOC(=O)C1=C(C[n+]2ccccc2)NC(C)=C(C(=O)OC)C1c1ccccc1Cl.[Cl-]. The average Bonchev–Trinajstić information content (AvgIpc) is 2.74. The number of esters is 2. The highest BCUT2D eigenvalue weighted by molar-refractivity contribution is 6.31. The average molecular weight is 463 g/mol. The molecule has 6 nitrogen and oxygen atoms in total. The predicted octanol–water partition coefficient (Wildman–Crippen LogP) is 0.283. The van der Waals surface area contributed by atoms with Gasteiger partial charge in [-0.25, -0.2) is 9.59 Å². The van der Waals surface area contributed by atoms with Gasteiger partial charge in [0.05, 0.1) is 36.5 Å². The molecule has 1 aliphatic rings. The minimum absolute atomic E-state index is 0. The van der Waals surface area contributed by atoms with Gasteiger partial charge in [0.25, 0.3) is 0 Å². The fourth-order valence-corrected chi connectivity index (χ4v) is 3.84. The number of rotatable bonds is 6. The molecule has 0 radical (unpaired) electrons. The van der Waals surface area contributed by atoms with Crippen LogP contribution in [0.3, 0.4) is 0 Å². The fraction of sp³-hybridized carbons (Fsp3) is 0.261. The number of hydrogen-bond acceptors (Lipinski definition) is 5. The number of carbonyl (C=O) groups is 2. The lowest BCUT2D eigenvalue weighted by Gasteiger charge is -2.30. The Morgan fingerprint density at radius 2 is 1.74 bits per heavy atom. The zero-order chi connectivity index (χ0) is 21.7. The van der Waals surface area contributed by atoms with Crippen LogP contribution < -0.4 is 22.3 Å². The van der Waals surface area contributed by atoms with Crippen LogP contribution >= 0.6 is 11.6 Å². The summed E-state index contributed by atoms with van der Waals surface area (Å²) in [6.45, 7) is 4.13. The molecule has 0 saturated carbocycles. The van der Waals surface area contributed by atoms with Crippen molar-refractivity contribution in [3.05, 3.63) is 88.0 Å². The van der Waals surface area contributed by atoms with Gasteiger partial charge in [0.15, 0.2) is 18.9 Å². The second kappa shape index (κ2) is 11.0. The maximum Gasteiger partial charge on any atom is 0.337 e. The van der Waals surface area contributed by atoms with E-state index in [9.17, 15) is 9.59 Å². The third-order valence-corrected chi connectivity index (χ3v) is 5.22. The first kappa shape index (κ1) is 24.4. The van der Waals surface area contributed by atoms with Gasteiger partial charge in [0, 0.05) is 22.9 Å². The number of aromatic nitrogens is 1. The lowest BCUT2D eigenvalue weighted by molar-refractivity contribution is -0.689. The van der Waals surface area contributed by atoms with Crippen LogP contribution in [0.25, 0.3) is 0 Å². The molecule has 3 rings (SSSR count). The third-order valence-electron chi connectivity index (χ3n) is 4.88. The van der Waals surface area contributed by atoms with Crippen LogP contribution in [0, 0.1) is 0 Å². The molecule has 0 amide bonds. The summed E-state index contributed by atoms with van der Waals surface area (Å²) in [6, 6.07) is 12.9. The number of methoxy groups -OCH3 is 1. The van der Waals surface area contributed by atoms with E-state index in [1.807, 2.05) is 41.2 Å². The summed E-state index contributed by atoms with van der Waals surface area (Å²) < 4.78 is 12.3. The summed E-state index contributed by atoms with van der Waals surface area (Å²) >= 11 is 6.50. The van der Waals surface area contributed by atoms with E-state index < -0.39 is 17.9 Å². The number of pyridine rings is 1. The molecule has 1 atom stereocenters. The van der Waals surface area contributed by atoms with Crippen LogP contribution in [0.5, 0.6) is 0 Å². The Hall–Kier alpha value is -2.83. The van der Waals surface area contributed by atoms with Crippen molar-refractivity contribution < 1.29 is 36.0 Å². The number of halogens is 2. The van der Waals surface area contributed by atoms with Gasteiger partial charge >= 0.3 is 11.9 Å². The van der Waals surface area contributed by atoms with Gasteiger partial charge in [-0.2, -0.15) is 4.57 Å². The molecule has 1 N–H and O–H groups in total. The molecule has 0 aliphatic carbocycles. The van der Waals surface area contributed by atoms with Crippen LogP contribution in [0.1, 0.15) is 25.3 Å². The van der Waals surface area contributed by atoms with E-state index in [0.717, 1.165) is 0 Å². The zero-order valence-electron chi connectivity index (χ0n) is 17.5. The van der Waals surface area contributed by atoms with Gasteiger partial charge in [0.2, 0.25) is 0 Å². The second-order valence-corrected chi connectivity index (χ2v) is 7.18. The largest absolute Gasteiger partial charge is 1.00 e. The number of nitrogens with zero attached hydrogens (tertiary/aromatic N) is 1. The Bertz CT molecular complexity index is 1020. The van der Waals surface area contributed by atoms with Crippen molar-refractivity contribution in [1.82, 2.24) is 5.32 Å². The molecule has 0 bridgehead atoms. The molecule has 0 spiro atoms. The highest BCUT2D eigenvalue weighted by atomic mass is 35.5. The van der Waals surface area contributed by atoms with Crippen molar-refractivity contribution in [2.75, 3.05) is 13.7 Å². The summed E-state index contributed by atoms with van der Waals surface area (Å²) in [6.07, 6.45) is 3.80. The minimum Gasteiger partial charge on any atom is -1.00 e. The Kier molecular flexibility index (Phi) is 8.65. The van der Waals surface area contributed by atoms with E-state index in [4.69, 9.17) is 21.1 Å². The number of allylic oxidation sites excluding steroid dienone is 2. The Balaban J connectivity index is 0.00000341. The van der Waals surface area contributed by atoms with E-state index in [1.54, 1.807) is 32.0 Å². The van der Waals surface area contributed by atoms with Crippen molar-refractivity contribution in [2.24, 2.45) is 0 Å². The molecule has 2 heterocycles. The molecule has 31 heavy (non-hydrogen) atoms. The molecule has 0 fully saturated rings. The summed E-state index contributed by atoms with van der Waals surface area (Å²) in [5.74, 6) is -1.75. The first-order chi connectivity index (χ1) is 14.5. The third kappa shape index (κ3) is 5.27. The van der Waals surface area contributed by atoms with Crippen molar-refractivity contribution in [2.45, 2.75) is 26.3 Å². The summed E-state index contributed by atoms with van der Waals surface area (Å²) in [5.41, 5.74) is 2.55. The molecule has 164 valence electrons. The second-order valence-electron chi connectivity index (χ2n) is 6.77. The van der Waals surface area contributed by atoms with Crippen LogP contribution in [-0.2, 0) is 25.6 Å². The maximum atomic E-state index is 13.1. The molecule has 1 aromatic carbocycles. The highest BCUT2D eigenvalue weighted by Gasteiger charge is 2.40. The quantitative estimate of drug-likeness (QED) is 0.493. The molecule has 2 aromatic rings. The Morgan fingerprint density at radius 3 is 2.35 bits per heavy atom. The molecule has 1 aliphatic heterocycles. The monoisotopic (exact) mass is 462 g/mol. The van der Waals surface area contributed by atoms with Crippen LogP contribution in [0.4, 0.5) is 0 Å². The fourth-order valence-electron chi connectivity index (χ4n) is 3.59. The number of hydrogen-bond donors (Lipinski definition) is 1. The van der Waals surface area contributed by atoms with Crippen molar-refractivity contribution >= 4 is 23.5 Å². The maximum absolute atomic E-state index is 13.1. The standard InChI is InChI=1S/C23H23ClN2O4.ClH/c1-4-30-23(28)21-18(14-26-12-8-5-9-13-26)25-15(2)19(22(27)29-3)20(21)16-10-6-7-11-17(16)24;/h5-13,20H,4,14H2,1-3H3;1H. The molecular formula is C23H24Cl2N2O4. The van der Waals surface area contributed by atoms with E-state index >= 15 is 0 Å². The highest BCUT2D eigenvalue weighted by Crippen LogP contribution is 2.41. The first-order valence-electron chi connectivity index (χ1n) is 9.62. The van der Waals surface area contributed by atoms with Crippen molar-refractivity contribution in [3.8, 4) is 0 Å². The van der Waals surface area contributed by atoms with E-state index in [-0.39, 0.29) is 19.0 Å². The van der Waals surface area contributed by atoms with Crippen LogP contribution in [0.2, 0.25) is 5.02 Å². The molecule has 1 unspecified atom stereocenters. The topological polar surface area (TPSA) is 68.5 Å². The minimum atomic E-state index is -0.717. The molecule has 8 heteroatoms. The van der Waals surface area contributed by atoms with E-state index in [2.05, 4.69) is 5.32 Å².